The molecule has 21 heavy (non-hydrogen) atoms. The lowest BCUT2D eigenvalue weighted by molar-refractivity contribution is 0.267. The zero-order valence-corrected chi connectivity index (χ0v) is 14.4. The number of hydrogen-bond donors (Lipinski definition) is 0. The van der Waals surface area contributed by atoms with E-state index in [2.05, 4.69) is 18.1 Å². The molecule has 0 aliphatic carbocycles. The van der Waals surface area contributed by atoms with Crippen molar-refractivity contribution in [2.24, 2.45) is 0 Å². The number of thioether (sulfide) groups is 1. The Hall–Kier alpha value is -1.03. The van der Waals surface area contributed by atoms with E-state index in [-0.39, 0.29) is 10.6 Å². The topological polar surface area (TPSA) is 61.2 Å². The van der Waals surface area contributed by atoms with E-state index in [0.29, 0.717) is 18.2 Å². The van der Waals surface area contributed by atoms with Crippen LogP contribution in [0.15, 0.2) is 29.2 Å². The summed E-state index contributed by atoms with van der Waals surface area (Å²) in [5, 5.41) is 8.85. The Morgan fingerprint density at radius 1 is 1.43 bits per heavy atom. The van der Waals surface area contributed by atoms with Crippen molar-refractivity contribution in [3.05, 3.63) is 29.8 Å². The van der Waals surface area contributed by atoms with Gasteiger partial charge in [-0.15, -0.1) is 0 Å². The molecule has 0 saturated heterocycles. The highest BCUT2D eigenvalue weighted by Gasteiger charge is 2.17. The maximum atomic E-state index is 12.3. The van der Waals surface area contributed by atoms with Crippen molar-refractivity contribution in [2.45, 2.75) is 24.3 Å². The normalized spacial score (nSPS) is 13.1. The van der Waals surface area contributed by atoms with Gasteiger partial charge in [-0.3, -0.25) is 0 Å². The van der Waals surface area contributed by atoms with Crippen molar-refractivity contribution in [1.29, 1.82) is 5.26 Å². The fourth-order valence-electron chi connectivity index (χ4n) is 1.87. The quantitative estimate of drug-likeness (QED) is 0.734. The largest absolute Gasteiger partial charge is 0.303 e. The predicted octanol–water partition coefficient (Wildman–Crippen LogP) is 2.41. The van der Waals surface area contributed by atoms with Crippen molar-refractivity contribution in [3.63, 3.8) is 0 Å². The summed E-state index contributed by atoms with van der Waals surface area (Å²) in [4.78, 5) is 2.30. The third-order valence-electron chi connectivity index (χ3n) is 3.53. The highest BCUT2D eigenvalue weighted by atomic mass is 32.2. The molecule has 0 aliphatic rings. The summed E-state index contributed by atoms with van der Waals surface area (Å²) in [6, 6.07) is 8.53. The first-order chi connectivity index (χ1) is 9.90. The zero-order valence-electron chi connectivity index (χ0n) is 12.7. The molecular formula is C15H22N2O2S2. The first-order valence-electron chi connectivity index (χ1n) is 6.83. The maximum absolute atomic E-state index is 12.3. The van der Waals surface area contributed by atoms with Crippen LogP contribution in [0, 0.1) is 11.3 Å². The van der Waals surface area contributed by atoms with E-state index in [9.17, 15) is 8.42 Å². The van der Waals surface area contributed by atoms with Gasteiger partial charge in [0.25, 0.3) is 0 Å². The van der Waals surface area contributed by atoms with Gasteiger partial charge in [0.05, 0.1) is 22.3 Å². The molecule has 0 amide bonds. The van der Waals surface area contributed by atoms with E-state index in [4.69, 9.17) is 5.26 Å². The molecule has 0 N–H and O–H groups in total. The van der Waals surface area contributed by atoms with Gasteiger partial charge in [0.2, 0.25) is 0 Å². The van der Waals surface area contributed by atoms with Gasteiger partial charge in [-0.05, 0) is 50.6 Å². The Kier molecular flexibility index (Phi) is 7.23. The molecular weight excluding hydrogens is 304 g/mol. The van der Waals surface area contributed by atoms with Crippen molar-refractivity contribution in [1.82, 2.24) is 4.90 Å². The van der Waals surface area contributed by atoms with Crippen LogP contribution in [0.5, 0.6) is 0 Å². The van der Waals surface area contributed by atoms with E-state index in [1.54, 1.807) is 30.0 Å². The molecule has 0 heterocycles. The number of nitrogens with zero attached hydrogens (tertiary/aromatic N) is 2. The Bertz CT molecular complexity index is 594. The lowest BCUT2D eigenvalue weighted by Gasteiger charge is -2.24. The minimum Gasteiger partial charge on any atom is -0.303 e. The smallest absolute Gasteiger partial charge is 0.179 e. The van der Waals surface area contributed by atoms with Crippen LogP contribution in [0.25, 0.3) is 0 Å². The molecule has 0 bridgehead atoms. The molecule has 1 unspecified atom stereocenters. The third kappa shape index (κ3) is 5.70. The average Bonchev–Trinajstić information content (AvgIpc) is 2.50. The first kappa shape index (κ1) is 18.0. The monoisotopic (exact) mass is 326 g/mol. The summed E-state index contributed by atoms with van der Waals surface area (Å²) in [6.45, 7) is 2.60. The molecule has 0 spiro atoms. The minimum atomic E-state index is -3.34. The van der Waals surface area contributed by atoms with Gasteiger partial charge in [-0.25, -0.2) is 8.42 Å². The summed E-state index contributed by atoms with van der Waals surface area (Å²) in [7, 11) is -1.39. The van der Waals surface area contributed by atoms with Crippen molar-refractivity contribution in [3.8, 4) is 6.07 Å². The summed E-state index contributed by atoms with van der Waals surface area (Å²) in [5.74, 6) is 1.14. The Morgan fingerprint density at radius 3 is 2.76 bits per heavy atom. The van der Waals surface area contributed by atoms with E-state index < -0.39 is 9.84 Å². The van der Waals surface area contributed by atoms with Crippen LogP contribution in [0.2, 0.25) is 0 Å². The van der Waals surface area contributed by atoms with E-state index in [1.807, 2.05) is 13.1 Å². The molecule has 6 heteroatoms. The van der Waals surface area contributed by atoms with Gasteiger partial charge in [-0.2, -0.15) is 17.0 Å². The van der Waals surface area contributed by atoms with Gasteiger partial charge in [0, 0.05) is 12.6 Å². The molecule has 1 aromatic rings. The van der Waals surface area contributed by atoms with Crippen LogP contribution in [0.1, 0.15) is 18.9 Å². The molecule has 4 nitrogen and oxygen atoms in total. The van der Waals surface area contributed by atoms with Crippen LogP contribution < -0.4 is 0 Å². The van der Waals surface area contributed by atoms with E-state index in [1.165, 1.54) is 6.07 Å². The SMILES string of the molecule is CSCCC(C)N(C)CCS(=O)(=O)c1cccc(C#N)c1. The second-order valence-corrected chi connectivity index (χ2v) is 8.16. The molecule has 116 valence electrons. The molecule has 1 atom stereocenters. The van der Waals surface area contributed by atoms with Crippen LogP contribution in [0.3, 0.4) is 0 Å². The maximum Gasteiger partial charge on any atom is 0.179 e. The van der Waals surface area contributed by atoms with Crippen LogP contribution in [-0.4, -0.2) is 50.7 Å². The minimum absolute atomic E-state index is 0.0714. The number of sulfone groups is 1. The average molecular weight is 326 g/mol. The van der Waals surface area contributed by atoms with Gasteiger partial charge in [0.1, 0.15) is 0 Å². The fraction of sp³-hybridized carbons (Fsp3) is 0.533. The predicted molar refractivity (Wildman–Crippen MR) is 88.3 cm³/mol. The second-order valence-electron chi connectivity index (χ2n) is 5.07. The van der Waals surface area contributed by atoms with Crippen LogP contribution in [0.4, 0.5) is 0 Å². The van der Waals surface area contributed by atoms with E-state index in [0.717, 1.165) is 12.2 Å². The van der Waals surface area contributed by atoms with E-state index >= 15 is 0 Å². The molecule has 0 aliphatic heterocycles. The van der Waals surface area contributed by atoms with Gasteiger partial charge < -0.3 is 4.90 Å². The van der Waals surface area contributed by atoms with Crippen molar-refractivity contribution < 1.29 is 8.42 Å². The standard InChI is InChI=1S/C15H22N2O2S2/c1-13(7-9-20-3)17(2)8-10-21(18,19)15-6-4-5-14(11-15)12-16/h4-6,11,13H,7-10H2,1-3H3. The Balaban J connectivity index is 2.66. The lowest BCUT2D eigenvalue weighted by atomic mass is 10.2. The number of nitriles is 1. The molecule has 0 aromatic heterocycles. The lowest BCUT2D eigenvalue weighted by Crippen LogP contribution is -2.33. The van der Waals surface area contributed by atoms with Crippen LogP contribution in [-0.2, 0) is 9.84 Å². The summed E-state index contributed by atoms with van der Waals surface area (Å²) >= 11 is 1.80. The summed E-state index contributed by atoms with van der Waals surface area (Å²) < 4.78 is 24.6. The molecule has 0 radical (unpaired) electrons. The zero-order chi connectivity index (χ0) is 15.9. The Morgan fingerprint density at radius 2 is 2.14 bits per heavy atom. The van der Waals surface area contributed by atoms with Gasteiger partial charge >= 0.3 is 0 Å². The molecule has 1 aromatic carbocycles. The van der Waals surface area contributed by atoms with Crippen LogP contribution >= 0.6 is 11.8 Å². The van der Waals surface area contributed by atoms with Gasteiger partial charge in [-0.1, -0.05) is 6.07 Å². The molecule has 1 rings (SSSR count). The summed E-state index contributed by atoms with van der Waals surface area (Å²) in [6.07, 6.45) is 3.11. The van der Waals surface area contributed by atoms with Gasteiger partial charge in [0.15, 0.2) is 9.84 Å². The summed E-state index contributed by atoms with van der Waals surface area (Å²) in [5.41, 5.74) is 0.373. The fourth-order valence-corrected chi connectivity index (χ4v) is 3.80. The Labute approximate surface area is 132 Å². The number of benzene rings is 1. The highest BCUT2D eigenvalue weighted by molar-refractivity contribution is 7.98. The van der Waals surface area contributed by atoms with Crippen molar-refractivity contribution >= 4 is 21.6 Å². The number of rotatable bonds is 8. The third-order valence-corrected chi connectivity index (χ3v) is 5.86. The second kappa shape index (κ2) is 8.42. The molecule has 0 fully saturated rings. The molecule has 0 saturated carbocycles. The highest BCUT2D eigenvalue weighted by Crippen LogP contribution is 2.14. The van der Waals surface area contributed by atoms with Crippen molar-refractivity contribution in [2.75, 3.05) is 31.4 Å². The first-order valence-corrected chi connectivity index (χ1v) is 9.87. The number of hydrogen-bond acceptors (Lipinski definition) is 5.